The van der Waals surface area contributed by atoms with Crippen molar-refractivity contribution in [3.05, 3.63) is 41.6 Å². The first kappa shape index (κ1) is 13.4. The van der Waals surface area contributed by atoms with E-state index in [2.05, 4.69) is 15.2 Å². The van der Waals surface area contributed by atoms with Gasteiger partial charge in [0.05, 0.1) is 11.7 Å². The zero-order chi connectivity index (χ0) is 15.5. The third-order valence-corrected chi connectivity index (χ3v) is 3.98. The molecule has 7 heteroatoms. The van der Waals surface area contributed by atoms with Crippen LogP contribution in [0.25, 0.3) is 16.6 Å². The van der Waals surface area contributed by atoms with Crippen LogP contribution in [0.5, 0.6) is 0 Å². The minimum atomic E-state index is -4.43. The second-order valence-electron chi connectivity index (χ2n) is 5.72. The molecule has 0 aliphatic heterocycles. The number of H-pyrrole nitrogens is 1. The van der Waals surface area contributed by atoms with Crippen molar-refractivity contribution in [2.75, 3.05) is 0 Å². The number of imidazole rings is 1. The van der Waals surface area contributed by atoms with E-state index in [9.17, 15) is 13.2 Å². The quantitative estimate of drug-likeness (QED) is 0.779. The topological polar surface area (TPSA) is 46.5 Å². The summed E-state index contributed by atoms with van der Waals surface area (Å²) in [4.78, 5) is 3.83. The molecule has 0 unspecified atom stereocenters. The van der Waals surface area contributed by atoms with E-state index >= 15 is 0 Å². The Hall–Kier alpha value is -2.31. The molecule has 1 aliphatic rings. The zero-order valence-electron chi connectivity index (χ0n) is 11.8. The zero-order valence-corrected chi connectivity index (χ0v) is 11.8. The van der Waals surface area contributed by atoms with Gasteiger partial charge in [-0.2, -0.15) is 18.3 Å². The summed E-state index contributed by atoms with van der Waals surface area (Å²) in [7, 11) is 0. The lowest BCUT2D eigenvalue weighted by Crippen LogP contribution is -2.05. The summed E-state index contributed by atoms with van der Waals surface area (Å²) in [5.74, 6) is 0.617. The van der Waals surface area contributed by atoms with Gasteiger partial charge in [0.15, 0.2) is 5.69 Å². The van der Waals surface area contributed by atoms with E-state index in [4.69, 9.17) is 0 Å². The van der Waals surface area contributed by atoms with Gasteiger partial charge in [0.2, 0.25) is 0 Å². The van der Waals surface area contributed by atoms with E-state index in [1.54, 1.807) is 10.8 Å². The van der Waals surface area contributed by atoms with Crippen molar-refractivity contribution in [1.29, 1.82) is 0 Å². The maximum atomic E-state index is 13.0. The van der Waals surface area contributed by atoms with E-state index in [-0.39, 0.29) is 5.92 Å². The van der Waals surface area contributed by atoms with Crippen molar-refractivity contribution in [2.45, 2.75) is 31.9 Å². The largest absolute Gasteiger partial charge is 0.434 e. The molecule has 4 nitrogen and oxygen atoms in total. The van der Waals surface area contributed by atoms with Gasteiger partial charge >= 0.3 is 6.18 Å². The van der Waals surface area contributed by atoms with Crippen LogP contribution in [0.3, 0.4) is 0 Å². The number of aryl methyl sites for hydroxylation is 1. The molecule has 1 aliphatic carbocycles. The minimum absolute atomic E-state index is 0.122. The van der Waals surface area contributed by atoms with Crippen molar-refractivity contribution in [3.8, 4) is 5.69 Å². The summed E-state index contributed by atoms with van der Waals surface area (Å²) in [6, 6.07) is 3.69. The number of halogens is 3. The molecule has 0 saturated heterocycles. The molecular weight excluding hydrogens is 293 g/mol. The Labute approximate surface area is 124 Å². The molecule has 1 fully saturated rings. The highest BCUT2D eigenvalue weighted by Crippen LogP contribution is 2.42. The van der Waals surface area contributed by atoms with Crippen LogP contribution in [0.2, 0.25) is 0 Å². The lowest BCUT2D eigenvalue weighted by atomic mass is 10.1. The van der Waals surface area contributed by atoms with Crippen molar-refractivity contribution >= 4 is 10.9 Å². The number of hydrogen-bond donors (Lipinski definition) is 1. The summed E-state index contributed by atoms with van der Waals surface area (Å²) < 4.78 is 40.5. The molecule has 1 aromatic carbocycles. The van der Waals surface area contributed by atoms with Crippen molar-refractivity contribution < 1.29 is 13.2 Å². The van der Waals surface area contributed by atoms with Gasteiger partial charge in [0.1, 0.15) is 5.82 Å². The molecule has 0 bridgehead atoms. The van der Waals surface area contributed by atoms with Crippen LogP contribution in [-0.4, -0.2) is 19.7 Å². The minimum Gasteiger partial charge on any atom is -0.303 e. The Bertz CT molecular complexity index is 855. The number of benzene rings is 1. The molecule has 4 rings (SSSR count). The maximum absolute atomic E-state index is 13.0. The van der Waals surface area contributed by atoms with Gasteiger partial charge in [0.25, 0.3) is 0 Å². The number of hydrogen-bond acceptors (Lipinski definition) is 2. The van der Waals surface area contributed by atoms with Gasteiger partial charge < -0.3 is 4.57 Å². The van der Waals surface area contributed by atoms with Gasteiger partial charge in [-0.25, -0.2) is 4.98 Å². The second-order valence-corrected chi connectivity index (χ2v) is 5.72. The molecule has 3 aromatic rings. The Kier molecular flexibility index (Phi) is 2.64. The molecule has 1 N–H and O–H groups in total. The molecule has 2 aromatic heterocycles. The van der Waals surface area contributed by atoms with Crippen LogP contribution >= 0.6 is 0 Å². The molecule has 0 amide bonds. The first-order valence-corrected chi connectivity index (χ1v) is 7.04. The molecule has 2 heterocycles. The predicted molar refractivity (Wildman–Crippen MR) is 74.9 cm³/mol. The lowest BCUT2D eigenvalue weighted by molar-refractivity contribution is -0.141. The number of aromatic amines is 1. The number of nitrogens with one attached hydrogen (secondary N) is 1. The Morgan fingerprint density at radius 1 is 1.27 bits per heavy atom. The Balaban J connectivity index is 1.91. The third kappa shape index (κ3) is 2.08. The van der Waals surface area contributed by atoms with Crippen LogP contribution in [0.1, 0.15) is 35.8 Å². The van der Waals surface area contributed by atoms with Gasteiger partial charge in [-0.05, 0) is 37.5 Å². The fourth-order valence-electron chi connectivity index (χ4n) is 2.72. The van der Waals surface area contributed by atoms with Crippen LogP contribution in [0.4, 0.5) is 13.2 Å². The Morgan fingerprint density at radius 2 is 2.05 bits per heavy atom. The van der Waals surface area contributed by atoms with E-state index in [0.717, 1.165) is 35.5 Å². The highest BCUT2D eigenvalue weighted by molar-refractivity contribution is 5.83. The molecule has 114 valence electrons. The molecule has 0 spiro atoms. The number of alkyl halides is 3. The average Bonchev–Trinajstić information content (AvgIpc) is 3.00. The molecular formula is C15H13F3N4. The number of rotatable bonds is 2. The normalized spacial score (nSPS) is 15.6. The average molecular weight is 306 g/mol. The van der Waals surface area contributed by atoms with Crippen LogP contribution in [0.15, 0.2) is 24.5 Å². The Morgan fingerprint density at radius 3 is 2.73 bits per heavy atom. The summed E-state index contributed by atoms with van der Waals surface area (Å²) in [5.41, 5.74) is 1.69. The van der Waals surface area contributed by atoms with Crippen molar-refractivity contribution in [2.24, 2.45) is 0 Å². The van der Waals surface area contributed by atoms with Gasteiger partial charge in [-0.1, -0.05) is 0 Å². The molecule has 0 atom stereocenters. The number of aromatic nitrogens is 4. The van der Waals surface area contributed by atoms with Crippen molar-refractivity contribution in [1.82, 2.24) is 19.7 Å². The molecule has 0 radical (unpaired) electrons. The predicted octanol–water partition coefficient (Wildman–Crippen LogP) is 3.95. The molecule has 1 saturated carbocycles. The standard InChI is InChI=1S/C15H13F3N4/c1-8-4-11(5-10-6-19-21-13(8)10)22-7-12(15(16,17)18)20-14(22)9-2-3-9/h4-7,9H,2-3H2,1H3,(H,19,21). The van der Waals surface area contributed by atoms with Gasteiger partial charge in [-0.3, -0.25) is 5.10 Å². The number of nitrogens with zero attached hydrogens (tertiary/aromatic N) is 3. The summed E-state index contributed by atoms with van der Waals surface area (Å²) in [6.45, 7) is 1.91. The first-order chi connectivity index (χ1) is 10.4. The fourth-order valence-corrected chi connectivity index (χ4v) is 2.72. The van der Waals surface area contributed by atoms with Gasteiger partial charge in [-0.15, -0.1) is 0 Å². The van der Waals surface area contributed by atoms with Crippen LogP contribution in [0, 0.1) is 6.92 Å². The van der Waals surface area contributed by atoms with Crippen LogP contribution in [-0.2, 0) is 6.18 Å². The fraction of sp³-hybridized carbons (Fsp3) is 0.333. The summed E-state index contributed by atoms with van der Waals surface area (Å²) in [5, 5.41) is 7.75. The SMILES string of the molecule is Cc1cc(-n2cc(C(F)(F)F)nc2C2CC2)cc2cn[nH]c12. The van der Waals surface area contributed by atoms with Crippen LogP contribution < -0.4 is 0 Å². The second kappa shape index (κ2) is 4.34. The van der Waals surface area contributed by atoms with E-state index in [1.807, 2.05) is 19.1 Å². The highest BCUT2D eigenvalue weighted by Gasteiger charge is 2.38. The first-order valence-electron chi connectivity index (χ1n) is 7.04. The third-order valence-electron chi connectivity index (χ3n) is 3.98. The maximum Gasteiger partial charge on any atom is 0.434 e. The highest BCUT2D eigenvalue weighted by atomic mass is 19.4. The lowest BCUT2D eigenvalue weighted by Gasteiger charge is -2.08. The van der Waals surface area contributed by atoms with Crippen molar-refractivity contribution in [3.63, 3.8) is 0 Å². The number of fused-ring (bicyclic) bond motifs is 1. The smallest absolute Gasteiger partial charge is 0.303 e. The monoisotopic (exact) mass is 306 g/mol. The van der Waals surface area contributed by atoms with E-state index in [0.29, 0.717) is 11.5 Å². The van der Waals surface area contributed by atoms with E-state index < -0.39 is 11.9 Å². The van der Waals surface area contributed by atoms with Gasteiger partial charge in [0, 0.05) is 23.2 Å². The molecule has 22 heavy (non-hydrogen) atoms. The summed E-state index contributed by atoms with van der Waals surface area (Å²) in [6.07, 6.45) is 0.116. The summed E-state index contributed by atoms with van der Waals surface area (Å²) >= 11 is 0. The van der Waals surface area contributed by atoms with E-state index in [1.165, 1.54) is 0 Å².